The molecule has 2 bridgehead atoms. The van der Waals surface area contributed by atoms with Crippen LogP contribution in [0.3, 0.4) is 0 Å². The quantitative estimate of drug-likeness (QED) is 0.795. The van der Waals surface area contributed by atoms with E-state index >= 15 is 0 Å². The summed E-state index contributed by atoms with van der Waals surface area (Å²) in [4.78, 5) is 17.8. The number of hydrogen-bond donors (Lipinski definition) is 1. The van der Waals surface area contributed by atoms with Gasteiger partial charge in [-0.3, -0.25) is 4.90 Å². The Kier molecular flexibility index (Phi) is 4.25. The van der Waals surface area contributed by atoms with Gasteiger partial charge in [-0.2, -0.15) is 4.39 Å². The van der Waals surface area contributed by atoms with E-state index in [0.29, 0.717) is 13.2 Å². The van der Waals surface area contributed by atoms with E-state index in [9.17, 15) is 14.3 Å². The highest BCUT2D eigenvalue weighted by atomic mass is 19.1. The summed E-state index contributed by atoms with van der Waals surface area (Å²) in [5, 5.41) is 11.0. The van der Waals surface area contributed by atoms with Crippen LogP contribution in [0, 0.1) is 5.95 Å². The first kappa shape index (κ1) is 17.1. The molecule has 2 saturated heterocycles. The molecule has 2 atom stereocenters. The van der Waals surface area contributed by atoms with E-state index in [2.05, 4.69) is 4.98 Å². The Morgan fingerprint density at radius 2 is 2.04 bits per heavy atom. The van der Waals surface area contributed by atoms with Crippen molar-refractivity contribution in [1.82, 2.24) is 9.88 Å². The van der Waals surface area contributed by atoms with Gasteiger partial charge in [0, 0.05) is 24.6 Å². The van der Waals surface area contributed by atoms with Crippen LogP contribution in [0.4, 0.5) is 9.18 Å². The average molecular weight is 338 g/mol. The van der Waals surface area contributed by atoms with E-state index < -0.39 is 23.2 Å². The van der Waals surface area contributed by atoms with Gasteiger partial charge in [0.2, 0.25) is 5.95 Å². The summed E-state index contributed by atoms with van der Waals surface area (Å²) in [6, 6.07) is 2.42. The minimum absolute atomic E-state index is 0.172. The highest BCUT2D eigenvalue weighted by molar-refractivity contribution is 5.69. The minimum atomic E-state index is -1.37. The number of fused-ring (bicyclic) bond motifs is 2. The summed E-state index contributed by atoms with van der Waals surface area (Å²) < 4.78 is 25.1. The maximum absolute atomic E-state index is 14.1. The largest absolute Gasteiger partial charge is 0.444 e. The zero-order chi connectivity index (χ0) is 17.5. The van der Waals surface area contributed by atoms with Crippen molar-refractivity contribution < 1.29 is 23.8 Å². The molecule has 132 valence electrons. The van der Waals surface area contributed by atoms with E-state index in [0.717, 1.165) is 0 Å². The van der Waals surface area contributed by atoms with Gasteiger partial charge in [-0.25, -0.2) is 9.78 Å². The normalized spacial score (nSPS) is 30.1. The van der Waals surface area contributed by atoms with Crippen LogP contribution in [0.2, 0.25) is 0 Å². The monoisotopic (exact) mass is 338 g/mol. The second-order valence-electron chi connectivity index (χ2n) is 7.51. The zero-order valence-corrected chi connectivity index (χ0v) is 14.2. The Balaban J connectivity index is 1.86. The number of amides is 1. The number of pyridine rings is 1. The van der Waals surface area contributed by atoms with Gasteiger partial charge < -0.3 is 14.6 Å². The van der Waals surface area contributed by atoms with E-state index in [1.807, 2.05) is 20.8 Å². The molecule has 2 fully saturated rings. The molecule has 7 heteroatoms. The lowest BCUT2D eigenvalue weighted by molar-refractivity contribution is -0.142. The summed E-state index contributed by atoms with van der Waals surface area (Å²) in [5.74, 6) is -0.676. The summed E-state index contributed by atoms with van der Waals surface area (Å²) in [6.45, 7) is 6.01. The fourth-order valence-electron chi connectivity index (χ4n) is 3.54. The molecule has 3 heterocycles. The van der Waals surface area contributed by atoms with Crippen molar-refractivity contribution >= 4 is 6.09 Å². The molecule has 1 amide bonds. The molecular weight excluding hydrogens is 315 g/mol. The third-order valence-electron chi connectivity index (χ3n) is 4.42. The molecule has 0 saturated carbocycles. The van der Waals surface area contributed by atoms with Gasteiger partial charge in [-0.1, -0.05) is 6.07 Å². The molecule has 2 aliphatic heterocycles. The van der Waals surface area contributed by atoms with Crippen molar-refractivity contribution in [2.24, 2.45) is 0 Å². The van der Waals surface area contributed by atoms with Crippen molar-refractivity contribution in [3.05, 3.63) is 29.8 Å². The summed E-state index contributed by atoms with van der Waals surface area (Å²) in [5.41, 5.74) is -1.79. The van der Waals surface area contributed by atoms with E-state index in [-0.39, 0.29) is 30.5 Å². The standard InChI is InChI=1S/C17H23FN2O4/c1-16(2,3)24-15(21)20-11-7-17(22,8-12(20)10-23-9-11)13-5-4-6-19-14(13)18/h4-6,11-12,22H,7-10H2,1-3H3. The van der Waals surface area contributed by atoms with E-state index in [4.69, 9.17) is 9.47 Å². The third kappa shape index (κ3) is 3.23. The van der Waals surface area contributed by atoms with E-state index in [1.54, 1.807) is 17.0 Å². The van der Waals surface area contributed by atoms with Gasteiger partial charge >= 0.3 is 6.09 Å². The molecule has 6 nitrogen and oxygen atoms in total. The van der Waals surface area contributed by atoms with Crippen LogP contribution < -0.4 is 0 Å². The molecular formula is C17H23FN2O4. The number of hydrogen-bond acceptors (Lipinski definition) is 5. The van der Waals surface area contributed by atoms with Crippen LogP contribution >= 0.6 is 0 Å². The number of nitrogens with zero attached hydrogens (tertiary/aromatic N) is 2. The van der Waals surface area contributed by atoms with Crippen molar-refractivity contribution in [1.29, 1.82) is 0 Å². The van der Waals surface area contributed by atoms with Crippen molar-refractivity contribution in [2.45, 2.75) is 56.9 Å². The fraction of sp³-hybridized carbons (Fsp3) is 0.647. The van der Waals surface area contributed by atoms with Crippen LogP contribution in [0.5, 0.6) is 0 Å². The molecule has 1 aromatic rings. The number of rotatable bonds is 1. The Bertz CT molecular complexity index is 617. The number of carbonyl (C=O) groups excluding carboxylic acids is 1. The number of ether oxygens (including phenoxy) is 2. The molecule has 2 aliphatic rings. The zero-order valence-electron chi connectivity index (χ0n) is 14.2. The van der Waals surface area contributed by atoms with Gasteiger partial charge in [0.05, 0.1) is 30.9 Å². The van der Waals surface area contributed by atoms with Crippen molar-refractivity contribution in [3.8, 4) is 0 Å². The number of morpholine rings is 1. The summed E-state index contributed by atoms with van der Waals surface area (Å²) in [6.07, 6.45) is 1.30. The van der Waals surface area contributed by atoms with Crippen LogP contribution in [0.1, 0.15) is 39.2 Å². The third-order valence-corrected chi connectivity index (χ3v) is 4.42. The molecule has 0 spiro atoms. The lowest BCUT2D eigenvalue weighted by atomic mass is 9.77. The number of aromatic nitrogens is 1. The Hall–Kier alpha value is -1.73. The topological polar surface area (TPSA) is 71.9 Å². The lowest BCUT2D eigenvalue weighted by Crippen LogP contribution is -2.63. The van der Waals surface area contributed by atoms with Crippen LogP contribution in [-0.4, -0.2) is 52.0 Å². The van der Waals surface area contributed by atoms with Crippen LogP contribution in [0.15, 0.2) is 18.3 Å². The summed E-state index contributed by atoms with van der Waals surface area (Å²) >= 11 is 0. The number of halogens is 1. The van der Waals surface area contributed by atoms with Gasteiger partial charge in [0.1, 0.15) is 5.60 Å². The SMILES string of the molecule is CC(C)(C)OC(=O)N1C2COCC1CC(O)(c1cccnc1F)C2. The first-order chi connectivity index (χ1) is 11.2. The molecule has 24 heavy (non-hydrogen) atoms. The molecule has 0 radical (unpaired) electrons. The minimum Gasteiger partial charge on any atom is -0.444 e. The Morgan fingerprint density at radius 3 is 2.58 bits per heavy atom. The first-order valence-corrected chi connectivity index (χ1v) is 8.12. The van der Waals surface area contributed by atoms with Crippen LogP contribution in [0.25, 0.3) is 0 Å². The van der Waals surface area contributed by atoms with E-state index in [1.165, 1.54) is 6.20 Å². The maximum atomic E-state index is 14.1. The van der Waals surface area contributed by atoms with Gasteiger partial charge in [-0.15, -0.1) is 0 Å². The Labute approximate surface area is 140 Å². The van der Waals surface area contributed by atoms with Crippen molar-refractivity contribution in [2.75, 3.05) is 13.2 Å². The smallest absolute Gasteiger partial charge is 0.410 e. The molecule has 0 aliphatic carbocycles. The van der Waals surface area contributed by atoms with Crippen molar-refractivity contribution in [3.63, 3.8) is 0 Å². The highest BCUT2D eigenvalue weighted by Crippen LogP contribution is 2.42. The van der Waals surface area contributed by atoms with Gasteiger partial charge in [0.15, 0.2) is 0 Å². The second-order valence-corrected chi connectivity index (χ2v) is 7.51. The maximum Gasteiger partial charge on any atom is 0.410 e. The molecule has 1 N–H and O–H groups in total. The predicted octanol–water partition coefficient (Wildman–Crippen LogP) is 2.21. The predicted molar refractivity (Wildman–Crippen MR) is 83.8 cm³/mol. The van der Waals surface area contributed by atoms with Crippen LogP contribution in [-0.2, 0) is 15.1 Å². The number of piperidine rings is 1. The number of carbonyl (C=O) groups is 1. The van der Waals surface area contributed by atoms with Gasteiger partial charge in [0.25, 0.3) is 0 Å². The number of aliphatic hydroxyl groups is 1. The fourth-order valence-corrected chi connectivity index (χ4v) is 3.54. The summed E-state index contributed by atoms with van der Waals surface area (Å²) in [7, 11) is 0. The molecule has 1 aromatic heterocycles. The molecule has 0 aromatic carbocycles. The Morgan fingerprint density at radius 1 is 1.42 bits per heavy atom. The van der Waals surface area contributed by atoms with Gasteiger partial charge in [-0.05, 0) is 26.8 Å². The molecule has 2 unspecified atom stereocenters. The second kappa shape index (κ2) is 5.97. The lowest BCUT2D eigenvalue weighted by Gasteiger charge is -2.51. The highest BCUT2D eigenvalue weighted by Gasteiger charge is 2.50. The first-order valence-electron chi connectivity index (χ1n) is 8.12. The average Bonchev–Trinajstić information content (AvgIpc) is 2.44. The molecule has 3 rings (SSSR count).